The second-order valence-corrected chi connectivity index (χ2v) is 6.60. The van der Waals surface area contributed by atoms with Crippen molar-refractivity contribution in [2.45, 2.75) is 64.6 Å². The molecule has 1 aliphatic heterocycles. The Morgan fingerprint density at radius 2 is 2.29 bits per heavy atom. The standard InChI is InChI=1S/C18H28N4O2/c1-3-5-14(8-10-23)21-18-17-16(19-13(2)20-18)7-9-22(17)12-15-6-4-11-24-15/h7,9,14-15,23H,3-6,8,10-12H2,1-2H3,(H,19,20,21)/t14-,15?/m0/s1. The molecule has 0 spiro atoms. The third kappa shape index (κ3) is 3.87. The Morgan fingerprint density at radius 3 is 3.00 bits per heavy atom. The van der Waals surface area contributed by atoms with Crippen molar-refractivity contribution in [1.82, 2.24) is 14.5 Å². The largest absolute Gasteiger partial charge is 0.396 e. The Labute approximate surface area is 143 Å². The lowest BCUT2D eigenvalue weighted by Crippen LogP contribution is -2.23. The normalized spacial score (nSPS) is 19.0. The van der Waals surface area contributed by atoms with Gasteiger partial charge in [-0.3, -0.25) is 0 Å². The van der Waals surface area contributed by atoms with E-state index in [2.05, 4.69) is 33.0 Å². The first kappa shape index (κ1) is 17.2. The van der Waals surface area contributed by atoms with Crippen LogP contribution in [0.2, 0.25) is 0 Å². The van der Waals surface area contributed by atoms with Crippen LogP contribution in [0.3, 0.4) is 0 Å². The summed E-state index contributed by atoms with van der Waals surface area (Å²) in [4.78, 5) is 9.22. The molecule has 3 rings (SSSR count). The molecule has 1 fully saturated rings. The maximum Gasteiger partial charge on any atom is 0.154 e. The minimum absolute atomic E-state index is 0.182. The lowest BCUT2D eigenvalue weighted by atomic mass is 10.1. The fraction of sp³-hybridized carbons (Fsp3) is 0.667. The summed E-state index contributed by atoms with van der Waals surface area (Å²) >= 11 is 0. The number of aryl methyl sites for hydroxylation is 1. The van der Waals surface area contributed by atoms with Gasteiger partial charge in [0.2, 0.25) is 0 Å². The van der Waals surface area contributed by atoms with E-state index in [1.165, 1.54) is 0 Å². The third-order valence-electron chi connectivity index (χ3n) is 4.60. The monoisotopic (exact) mass is 332 g/mol. The van der Waals surface area contributed by atoms with Gasteiger partial charge in [0.15, 0.2) is 5.82 Å². The summed E-state index contributed by atoms with van der Waals surface area (Å²) in [5.74, 6) is 1.63. The summed E-state index contributed by atoms with van der Waals surface area (Å²) in [6, 6.07) is 2.27. The first-order valence-electron chi connectivity index (χ1n) is 9.03. The van der Waals surface area contributed by atoms with Crippen LogP contribution < -0.4 is 5.32 Å². The van der Waals surface area contributed by atoms with E-state index in [1.54, 1.807) is 0 Å². The Bertz CT molecular complexity index is 658. The molecule has 0 aromatic carbocycles. The smallest absolute Gasteiger partial charge is 0.154 e. The highest BCUT2D eigenvalue weighted by molar-refractivity contribution is 5.86. The van der Waals surface area contributed by atoms with E-state index < -0.39 is 0 Å². The Balaban J connectivity index is 1.90. The molecule has 0 aliphatic carbocycles. The summed E-state index contributed by atoms with van der Waals surface area (Å²) < 4.78 is 7.99. The Morgan fingerprint density at radius 1 is 1.42 bits per heavy atom. The van der Waals surface area contributed by atoms with Crippen LogP contribution in [-0.2, 0) is 11.3 Å². The van der Waals surface area contributed by atoms with Crippen molar-refractivity contribution in [3.8, 4) is 0 Å². The number of nitrogens with one attached hydrogen (secondary N) is 1. The lowest BCUT2D eigenvalue weighted by Gasteiger charge is -2.20. The van der Waals surface area contributed by atoms with E-state index in [0.29, 0.717) is 0 Å². The first-order chi connectivity index (χ1) is 11.7. The van der Waals surface area contributed by atoms with Gasteiger partial charge in [0.05, 0.1) is 11.6 Å². The fourth-order valence-corrected chi connectivity index (χ4v) is 3.47. The quantitative estimate of drug-likeness (QED) is 0.778. The molecule has 0 radical (unpaired) electrons. The Hall–Kier alpha value is -1.66. The third-order valence-corrected chi connectivity index (χ3v) is 4.60. The van der Waals surface area contributed by atoms with Crippen LogP contribution in [-0.4, -0.2) is 45.0 Å². The number of hydrogen-bond acceptors (Lipinski definition) is 5. The number of hydrogen-bond donors (Lipinski definition) is 2. The molecular formula is C18H28N4O2. The van der Waals surface area contributed by atoms with Crippen molar-refractivity contribution in [2.75, 3.05) is 18.5 Å². The molecule has 0 bridgehead atoms. The number of ether oxygens (including phenoxy) is 1. The summed E-state index contributed by atoms with van der Waals surface area (Å²) in [7, 11) is 0. The minimum Gasteiger partial charge on any atom is -0.396 e. The van der Waals surface area contributed by atoms with E-state index in [9.17, 15) is 5.11 Å². The Kier molecular flexibility index (Phi) is 5.68. The van der Waals surface area contributed by atoms with Crippen LogP contribution in [0.25, 0.3) is 11.0 Å². The zero-order valence-corrected chi connectivity index (χ0v) is 14.7. The van der Waals surface area contributed by atoms with Crippen molar-refractivity contribution in [3.05, 3.63) is 18.1 Å². The summed E-state index contributed by atoms with van der Waals surface area (Å²) in [6.07, 6.45) is 7.41. The molecule has 2 atom stereocenters. The lowest BCUT2D eigenvalue weighted by molar-refractivity contribution is 0.0980. The molecule has 2 aromatic rings. The van der Waals surface area contributed by atoms with Crippen molar-refractivity contribution in [2.24, 2.45) is 0 Å². The average Bonchev–Trinajstić information content (AvgIpc) is 3.18. The van der Waals surface area contributed by atoms with E-state index in [4.69, 9.17) is 4.74 Å². The molecule has 6 heteroatoms. The zero-order chi connectivity index (χ0) is 16.9. The maximum atomic E-state index is 9.32. The van der Waals surface area contributed by atoms with Gasteiger partial charge in [-0.2, -0.15) is 0 Å². The SMILES string of the molecule is CCC[C@@H](CCO)Nc1nc(C)nc2ccn(CC3CCCO3)c12. The van der Waals surface area contributed by atoms with Gasteiger partial charge in [-0.25, -0.2) is 9.97 Å². The number of rotatable bonds is 8. The van der Waals surface area contributed by atoms with Crippen LogP contribution in [0.4, 0.5) is 5.82 Å². The average molecular weight is 332 g/mol. The van der Waals surface area contributed by atoms with Crippen LogP contribution in [0.5, 0.6) is 0 Å². The molecule has 1 unspecified atom stereocenters. The number of aromatic nitrogens is 3. The van der Waals surface area contributed by atoms with Crippen molar-refractivity contribution < 1.29 is 9.84 Å². The highest BCUT2D eigenvalue weighted by Crippen LogP contribution is 2.25. The number of aliphatic hydroxyl groups is 1. The molecule has 2 aromatic heterocycles. The summed E-state index contributed by atoms with van der Waals surface area (Å²) in [6.45, 7) is 5.96. The highest BCUT2D eigenvalue weighted by atomic mass is 16.5. The first-order valence-corrected chi connectivity index (χ1v) is 9.03. The molecular weight excluding hydrogens is 304 g/mol. The molecule has 6 nitrogen and oxygen atoms in total. The van der Waals surface area contributed by atoms with E-state index in [0.717, 1.165) is 67.9 Å². The second kappa shape index (κ2) is 7.94. The van der Waals surface area contributed by atoms with Gasteiger partial charge < -0.3 is 19.7 Å². The topological polar surface area (TPSA) is 72.2 Å². The van der Waals surface area contributed by atoms with Crippen molar-refractivity contribution in [1.29, 1.82) is 0 Å². The number of nitrogens with zero attached hydrogens (tertiary/aromatic N) is 3. The second-order valence-electron chi connectivity index (χ2n) is 6.60. The van der Waals surface area contributed by atoms with Crippen molar-refractivity contribution >= 4 is 16.9 Å². The van der Waals surface area contributed by atoms with Gasteiger partial charge in [-0.1, -0.05) is 13.3 Å². The number of fused-ring (bicyclic) bond motifs is 1. The molecule has 132 valence electrons. The van der Waals surface area contributed by atoms with Crippen LogP contribution in [0.15, 0.2) is 12.3 Å². The highest BCUT2D eigenvalue weighted by Gasteiger charge is 2.19. The maximum absolute atomic E-state index is 9.32. The molecule has 1 aliphatic rings. The van der Waals surface area contributed by atoms with Gasteiger partial charge in [-0.05, 0) is 38.7 Å². The van der Waals surface area contributed by atoms with Gasteiger partial charge in [0, 0.05) is 32.0 Å². The summed E-state index contributed by atoms with van der Waals surface area (Å²) in [5, 5.41) is 12.9. The molecule has 0 amide bonds. The number of anilines is 1. The van der Waals surface area contributed by atoms with Gasteiger partial charge in [-0.15, -0.1) is 0 Å². The van der Waals surface area contributed by atoms with Crippen molar-refractivity contribution in [3.63, 3.8) is 0 Å². The van der Waals surface area contributed by atoms with Gasteiger partial charge in [0.25, 0.3) is 0 Å². The van der Waals surface area contributed by atoms with Gasteiger partial charge in [0.1, 0.15) is 11.3 Å². The molecule has 1 saturated heterocycles. The molecule has 2 N–H and O–H groups in total. The van der Waals surface area contributed by atoms with E-state index in [1.807, 2.05) is 13.0 Å². The molecule has 0 saturated carbocycles. The fourth-order valence-electron chi connectivity index (χ4n) is 3.47. The summed E-state index contributed by atoms with van der Waals surface area (Å²) in [5.41, 5.74) is 2.00. The molecule has 24 heavy (non-hydrogen) atoms. The minimum atomic E-state index is 0.182. The predicted molar refractivity (Wildman–Crippen MR) is 95.3 cm³/mol. The predicted octanol–water partition coefficient (Wildman–Crippen LogP) is 2.88. The van der Waals surface area contributed by atoms with Crippen LogP contribution >= 0.6 is 0 Å². The number of aliphatic hydroxyl groups excluding tert-OH is 1. The zero-order valence-electron chi connectivity index (χ0n) is 14.7. The van der Waals surface area contributed by atoms with Crippen LogP contribution in [0, 0.1) is 6.92 Å². The van der Waals surface area contributed by atoms with E-state index >= 15 is 0 Å². The molecule has 3 heterocycles. The van der Waals surface area contributed by atoms with Gasteiger partial charge >= 0.3 is 0 Å². The van der Waals surface area contributed by atoms with Crippen LogP contribution in [0.1, 0.15) is 44.9 Å². The van der Waals surface area contributed by atoms with E-state index in [-0.39, 0.29) is 18.8 Å².